The molecule has 2 aromatic rings. The molecule has 2 aliphatic rings. The molecule has 31 heavy (non-hydrogen) atoms. The molecule has 2 amide bonds. The molecule has 1 aliphatic heterocycles. The van der Waals surface area contributed by atoms with Crippen molar-refractivity contribution in [2.45, 2.75) is 64.1 Å². The monoisotopic (exact) mass is 422 g/mol. The molecule has 4 rings (SSSR count). The van der Waals surface area contributed by atoms with E-state index in [9.17, 15) is 9.59 Å². The second-order valence-corrected chi connectivity index (χ2v) is 8.36. The van der Waals surface area contributed by atoms with E-state index in [4.69, 9.17) is 9.47 Å². The molecule has 0 radical (unpaired) electrons. The third-order valence-electron chi connectivity index (χ3n) is 6.13. The fourth-order valence-electron chi connectivity index (χ4n) is 4.25. The quantitative estimate of drug-likeness (QED) is 0.702. The molecular formula is C25H30N2O4. The highest BCUT2D eigenvalue weighted by Crippen LogP contribution is 2.32. The predicted molar refractivity (Wildman–Crippen MR) is 118 cm³/mol. The maximum atomic E-state index is 13.2. The maximum absolute atomic E-state index is 13.2. The summed E-state index contributed by atoms with van der Waals surface area (Å²) in [5.41, 5.74) is 2.03. The van der Waals surface area contributed by atoms with Crippen LogP contribution in [0.3, 0.4) is 0 Å². The van der Waals surface area contributed by atoms with Gasteiger partial charge in [-0.15, -0.1) is 0 Å². The first-order chi connectivity index (χ1) is 15.1. The number of carbonyl (C=O) groups is 2. The van der Waals surface area contributed by atoms with E-state index in [2.05, 4.69) is 5.32 Å². The average molecular weight is 423 g/mol. The van der Waals surface area contributed by atoms with E-state index >= 15 is 0 Å². The number of nitrogens with one attached hydrogen (secondary N) is 1. The van der Waals surface area contributed by atoms with Gasteiger partial charge in [0.15, 0.2) is 11.5 Å². The van der Waals surface area contributed by atoms with E-state index in [0.717, 1.165) is 48.3 Å². The Morgan fingerprint density at radius 1 is 1.03 bits per heavy atom. The van der Waals surface area contributed by atoms with Gasteiger partial charge in [0.05, 0.1) is 0 Å². The minimum absolute atomic E-state index is 0.0319. The molecule has 1 aliphatic carbocycles. The molecule has 0 bridgehead atoms. The SMILES string of the molecule is C[C@H](C(=O)NC1CCCC1)N(Cc1ccccc1)C(=O)CCc1ccc2c(c1)OCO2. The smallest absolute Gasteiger partial charge is 0.242 e. The van der Waals surface area contributed by atoms with Crippen molar-refractivity contribution in [2.24, 2.45) is 0 Å². The number of amides is 2. The van der Waals surface area contributed by atoms with Gasteiger partial charge in [0.25, 0.3) is 0 Å². The summed E-state index contributed by atoms with van der Waals surface area (Å²) in [5.74, 6) is 1.35. The van der Waals surface area contributed by atoms with Crippen LogP contribution in [0.2, 0.25) is 0 Å². The third kappa shape index (κ3) is 5.37. The summed E-state index contributed by atoms with van der Waals surface area (Å²) in [6.07, 6.45) is 5.26. The second kappa shape index (κ2) is 9.86. The number of aryl methyl sites for hydroxylation is 1. The highest BCUT2D eigenvalue weighted by Gasteiger charge is 2.28. The van der Waals surface area contributed by atoms with Gasteiger partial charge in [-0.3, -0.25) is 9.59 Å². The van der Waals surface area contributed by atoms with E-state index in [-0.39, 0.29) is 24.6 Å². The number of rotatable bonds is 8. The number of hydrogen-bond donors (Lipinski definition) is 1. The standard InChI is InChI=1S/C25H30N2O4/c1-18(25(29)26-21-9-5-6-10-21)27(16-20-7-3-2-4-8-20)24(28)14-12-19-11-13-22-23(15-19)31-17-30-22/h2-4,7-8,11,13,15,18,21H,5-6,9-10,12,14,16-17H2,1H3,(H,26,29)/t18-/m1/s1. The van der Waals surface area contributed by atoms with Gasteiger partial charge in [-0.05, 0) is 49.4 Å². The molecule has 0 aromatic heterocycles. The van der Waals surface area contributed by atoms with Crippen molar-refractivity contribution in [1.82, 2.24) is 10.2 Å². The lowest BCUT2D eigenvalue weighted by atomic mass is 10.1. The number of ether oxygens (including phenoxy) is 2. The van der Waals surface area contributed by atoms with Crippen LogP contribution in [0.15, 0.2) is 48.5 Å². The number of fused-ring (bicyclic) bond motifs is 1. The molecule has 1 N–H and O–H groups in total. The Hall–Kier alpha value is -3.02. The van der Waals surface area contributed by atoms with Gasteiger partial charge in [0.2, 0.25) is 18.6 Å². The summed E-state index contributed by atoms with van der Waals surface area (Å²) >= 11 is 0. The Balaban J connectivity index is 1.43. The number of carbonyl (C=O) groups excluding carboxylic acids is 2. The molecule has 6 heteroatoms. The lowest BCUT2D eigenvalue weighted by molar-refractivity contribution is -0.140. The maximum Gasteiger partial charge on any atom is 0.242 e. The third-order valence-corrected chi connectivity index (χ3v) is 6.13. The van der Waals surface area contributed by atoms with Gasteiger partial charge in [0.1, 0.15) is 6.04 Å². The van der Waals surface area contributed by atoms with Crippen LogP contribution in [0.25, 0.3) is 0 Å². The predicted octanol–water partition coefficient (Wildman–Crippen LogP) is 3.82. The van der Waals surface area contributed by atoms with Crippen molar-refractivity contribution < 1.29 is 19.1 Å². The highest BCUT2D eigenvalue weighted by atomic mass is 16.7. The zero-order valence-corrected chi connectivity index (χ0v) is 18.0. The number of hydrogen-bond acceptors (Lipinski definition) is 4. The van der Waals surface area contributed by atoms with E-state index in [1.165, 1.54) is 0 Å². The average Bonchev–Trinajstić information content (AvgIpc) is 3.47. The second-order valence-electron chi connectivity index (χ2n) is 8.36. The van der Waals surface area contributed by atoms with Crippen LogP contribution >= 0.6 is 0 Å². The van der Waals surface area contributed by atoms with E-state index in [1.807, 2.05) is 55.5 Å². The zero-order chi connectivity index (χ0) is 21.6. The van der Waals surface area contributed by atoms with Gasteiger partial charge < -0.3 is 19.7 Å². The van der Waals surface area contributed by atoms with Crippen LogP contribution < -0.4 is 14.8 Å². The molecule has 164 valence electrons. The van der Waals surface area contributed by atoms with Crippen LogP contribution in [-0.2, 0) is 22.6 Å². The summed E-state index contributed by atoms with van der Waals surface area (Å²) in [4.78, 5) is 27.8. The van der Waals surface area contributed by atoms with Crippen molar-refractivity contribution in [3.05, 3.63) is 59.7 Å². The van der Waals surface area contributed by atoms with Crippen LogP contribution in [0.4, 0.5) is 0 Å². The van der Waals surface area contributed by atoms with Crippen molar-refractivity contribution >= 4 is 11.8 Å². The normalized spacial score (nSPS) is 16.2. The van der Waals surface area contributed by atoms with Crippen molar-refractivity contribution in [1.29, 1.82) is 0 Å². The van der Waals surface area contributed by atoms with Crippen molar-refractivity contribution in [3.8, 4) is 11.5 Å². The lowest BCUT2D eigenvalue weighted by Gasteiger charge is -2.30. The molecule has 2 aromatic carbocycles. The largest absolute Gasteiger partial charge is 0.454 e. The molecule has 6 nitrogen and oxygen atoms in total. The fraction of sp³-hybridized carbons (Fsp3) is 0.440. The van der Waals surface area contributed by atoms with E-state index in [0.29, 0.717) is 19.4 Å². The van der Waals surface area contributed by atoms with Gasteiger partial charge in [-0.25, -0.2) is 0 Å². The molecular weight excluding hydrogens is 392 g/mol. The van der Waals surface area contributed by atoms with Gasteiger partial charge in [-0.2, -0.15) is 0 Å². The highest BCUT2D eigenvalue weighted by molar-refractivity contribution is 5.87. The first-order valence-corrected chi connectivity index (χ1v) is 11.1. The molecule has 1 heterocycles. The summed E-state index contributed by atoms with van der Waals surface area (Å²) in [6, 6.07) is 15.3. The molecule has 1 fully saturated rings. The zero-order valence-electron chi connectivity index (χ0n) is 18.0. The van der Waals surface area contributed by atoms with Gasteiger partial charge >= 0.3 is 0 Å². The summed E-state index contributed by atoms with van der Waals surface area (Å²) in [5, 5.41) is 3.14. The fourth-order valence-corrected chi connectivity index (χ4v) is 4.25. The van der Waals surface area contributed by atoms with Crippen LogP contribution in [0.5, 0.6) is 11.5 Å². The minimum atomic E-state index is -0.523. The Bertz CT molecular complexity index is 909. The van der Waals surface area contributed by atoms with E-state index < -0.39 is 6.04 Å². The Kier molecular flexibility index (Phi) is 6.75. The topological polar surface area (TPSA) is 67.9 Å². The van der Waals surface area contributed by atoms with E-state index in [1.54, 1.807) is 4.90 Å². The first-order valence-electron chi connectivity index (χ1n) is 11.1. The Labute approximate surface area is 183 Å². The molecule has 0 saturated heterocycles. The molecule has 1 saturated carbocycles. The van der Waals surface area contributed by atoms with Gasteiger partial charge in [0, 0.05) is 19.0 Å². The summed E-state index contributed by atoms with van der Waals surface area (Å²) in [6.45, 7) is 2.47. The molecule has 1 atom stereocenters. The van der Waals surface area contributed by atoms with Crippen molar-refractivity contribution in [2.75, 3.05) is 6.79 Å². The van der Waals surface area contributed by atoms with Crippen LogP contribution in [0, 0.1) is 0 Å². The summed E-state index contributed by atoms with van der Waals surface area (Å²) in [7, 11) is 0. The van der Waals surface area contributed by atoms with Crippen molar-refractivity contribution in [3.63, 3.8) is 0 Å². The Morgan fingerprint density at radius 3 is 2.55 bits per heavy atom. The van der Waals surface area contributed by atoms with Gasteiger partial charge in [-0.1, -0.05) is 49.2 Å². The van der Waals surface area contributed by atoms with Crippen LogP contribution in [-0.4, -0.2) is 35.6 Å². The molecule has 0 spiro atoms. The minimum Gasteiger partial charge on any atom is -0.454 e. The summed E-state index contributed by atoms with van der Waals surface area (Å²) < 4.78 is 10.8. The Morgan fingerprint density at radius 2 is 1.77 bits per heavy atom. The molecule has 0 unspecified atom stereocenters. The van der Waals surface area contributed by atoms with Crippen LogP contribution in [0.1, 0.15) is 50.2 Å². The lowest BCUT2D eigenvalue weighted by Crippen LogP contribution is -2.49. The number of benzene rings is 2. The first kappa shape index (κ1) is 21.2. The number of nitrogens with zero attached hydrogens (tertiary/aromatic N) is 1.